The Bertz CT molecular complexity index is 382. The van der Waals surface area contributed by atoms with Gasteiger partial charge in [0.15, 0.2) is 6.10 Å². The van der Waals surface area contributed by atoms with Gasteiger partial charge >= 0.3 is 5.97 Å². The first-order chi connectivity index (χ1) is 7.67. The molecule has 1 atom stereocenters. The molecule has 0 bridgehead atoms. The summed E-state index contributed by atoms with van der Waals surface area (Å²) in [5.41, 5.74) is 0.456. The third-order valence-corrected chi connectivity index (χ3v) is 1.74. The normalized spacial score (nSPS) is 11.3. The van der Waals surface area contributed by atoms with E-state index in [1.807, 2.05) is 0 Å². The summed E-state index contributed by atoms with van der Waals surface area (Å²) in [4.78, 5) is 31.2. The van der Waals surface area contributed by atoms with Gasteiger partial charge < -0.3 is 9.47 Å². The zero-order valence-electron chi connectivity index (χ0n) is 8.51. The first-order valence-corrected chi connectivity index (χ1v) is 4.42. The highest BCUT2D eigenvalue weighted by atomic mass is 16.5. The Kier molecular flexibility index (Phi) is 4.20. The second-order valence-electron chi connectivity index (χ2n) is 2.89. The van der Waals surface area contributed by atoms with Crippen LogP contribution in [-0.2, 0) is 19.1 Å². The molecule has 0 aliphatic rings. The van der Waals surface area contributed by atoms with Crippen LogP contribution in [0.25, 0.3) is 0 Å². The molecule has 0 N–H and O–H groups in total. The Morgan fingerprint density at radius 2 is 2.00 bits per heavy atom. The van der Waals surface area contributed by atoms with Crippen LogP contribution in [0.2, 0.25) is 0 Å². The van der Waals surface area contributed by atoms with Crippen LogP contribution >= 0.6 is 0 Å². The third-order valence-electron chi connectivity index (χ3n) is 1.74. The molecule has 5 heteroatoms. The molecule has 5 nitrogen and oxygen atoms in total. The summed E-state index contributed by atoms with van der Waals surface area (Å²) in [7, 11) is 0. The molecule has 83 valence electrons. The molecule has 0 spiro atoms. The highest BCUT2D eigenvalue weighted by Gasteiger charge is 2.12. The molecule has 0 heterocycles. The minimum atomic E-state index is -1.05. The van der Waals surface area contributed by atoms with Gasteiger partial charge in [0, 0.05) is 12.5 Å². The average Bonchev–Trinajstić information content (AvgIpc) is 2.26. The summed E-state index contributed by atoms with van der Waals surface area (Å²) >= 11 is 0. The fraction of sp³-hybridized carbons (Fsp3) is 0.182. The molecule has 0 saturated heterocycles. The second kappa shape index (κ2) is 5.65. The van der Waals surface area contributed by atoms with Crippen molar-refractivity contribution in [1.82, 2.24) is 0 Å². The molecular formula is C11H9O5. The molecule has 0 fully saturated rings. The van der Waals surface area contributed by atoms with Crippen molar-refractivity contribution in [1.29, 1.82) is 0 Å². The maximum absolute atomic E-state index is 10.6. The smallest absolute Gasteiger partial charge is 0.308 e. The summed E-state index contributed by atoms with van der Waals surface area (Å²) in [5.74, 6) is -0.0811. The lowest BCUT2D eigenvalue weighted by Gasteiger charge is -2.08. The predicted molar refractivity (Wildman–Crippen MR) is 53.3 cm³/mol. The van der Waals surface area contributed by atoms with Crippen molar-refractivity contribution >= 4 is 18.7 Å². The molecule has 0 amide bonds. The number of rotatable bonds is 5. The fourth-order valence-electron chi connectivity index (χ4n) is 1.11. The van der Waals surface area contributed by atoms with Crippen molar-refractivity contribution in [2.75, 3.05) is 0 Å². The topological polar surface area (TPSA) is 69.7 Å². The zero-order valence-corrected chi connectivity index (χ0v) is 8.51. The number of ether oxygens (including phenoxy) is 2. The van der Waals surface area contributed by atoms with Gasteiger partial charge in [-0.3, -0.25) is 14.4 Å². The third kappa shape index (κ3) is 3.20. The fourth-order valence-corrected chi connectivity index (χ4v) is 1.11. The monoisotopic (exact) mass is 221 g/mol. The van der Waals surface area contributed by atoms with E-state index in [0.717, 1.165) is 0 Å². The van der Waals surface area contributed by atoms with E-state index in [4.69, 9.17) is 4.74 Å². The number of hydrogen-bond donors (Lipinski definition) is 0. The van der Waals surface area contributed by atoms with Crippen molar-refractivity contribution < 1.29 is 23.9 Å². The molecule has 0 aliphatic carbocycles. The number of benzene rings is 1. The number of esters is 1. The molecule has 1 aromatic rings. The lowest BCUT2D eigenvalue weighted by molar-refractivity contribution is -0.132. The molecule has 1 aromatic carbocycles. The predicted octanol–water partition coefficient (Wildman–Crippen LogP) is 0.936. The molecule has 0 saturated carbocycles. The van der Waals surface area contributed by atoms with Gasteiger partial charge in [-0.25, -0.2) is 0 Å². The minimum absolute atomic E-state index is 0.176. The molecule has 1 unspecified atom stereocenters. The largest absolute Gasteiger partial charge is 0.451 e. The standard InChI is InChI=1S/C11H9O5/c1-8(14)16-10-4-2-9(3-5-10)11(6-12)15-7-13/h2-5,7,11H,1H3. The zero-order chi connectivity index (χ0) is 12.0. The van der Waals surface area contributed by atoms with Crippen molar-refractivity contribution in [2.45, 2.75) is 13.0 Å². The Labute approximate surface area is 92.0 Å². The lowest BCUT2D eigenvalue weighted by Crippen LogP contribution is -2.05. The number of hydrogen-bond acceptors (Lipinski definition) is 5. The molecule has 1 radical (unpaired) electrons. The van der Waals surface area contributed by atoms with E-state index in [1.54, 1.807) is 6.29 Å². The van der Waals surface area contributed by atoms with Gasteiger partial charge in [-0.05, 0) is 12.1 Å². The van der Waals surface area contributed by atoms with Gasteiger partial charge in [0.2, 0.25) is 6.29 Å². The second-order valence-corrected chi connectivity index (χ2v) is 2.89. The number of carbonyl (C=O) groups is 2. The van der Waals surface area contributed by atoms with Crippen LogP contribution in [0.15, 0.2) is 24.3 Å². The van der Waals surface area contributed by atoms with E-state index < -0.39 is 12.1 Å². The van der Waals surface area contributed by atoms with Gasteiger partial charge in [0.05, 0.1) is 0 Å². The van der Waals surface area contributed by atoms with Crippen molar-refractivity contribution in [3.63, 3.8) is 0 Å². The van der Waals surface area contributed by atoms with E-state index in [1.165, 1.54) is 31.2 Å². The van der Waals surface area contributed by atoms with E-state index in [0.29, 0.717) is 11.3 Å². The van der Waals surface area contributed by atoms with E-state index >= 15 is 0 Å². The highest BCUT2D eigenvalue weighted by Crippen LogP contribution is 2.18. The quantitative estimate of drug-likeness (QED) is 0.420. The molecule has 1 rings (SSSR count). The molecule has 16 heavy (non-hydrogen) atoms. The summed E-state index contributed by atoms with van der Waals surface area (Å²) in [5, 5.41) is 0. The Hall–Kier alpha value is -2.17. The summed E-state index contributed by atoms with van der Waals surface area (Å²) in [6.07, 6.45) is 0.516. The maximum Gasteiger partial charge on any atom is 0.308 e. The van der Waals surface area contributed by atoms with Crippen LogP contribution in [0.5, 0.6) is 5.75 Å². The van der Waals surface area contributed by atoms with Crippen molar-refractivity contribution in [3.05, 3.63) is 29.8 Å². The van der Waals surface area contributed by atoms with E-state index in [9.17, 15) is 14.4 Å². The van der Waals surface area contributed by atoms with Gasteiger partial charge in [0.1, 0.15) is 5.75 Å². The van der Waals surface area contributed by atoms with Gasteiger partial charge in [0.25, 0.3) is 6.47 Å². The van der Waals surface area contributed by atoms with Crippen LogP contribution in [0.1, 0.15) is 18.6 Å². The summed E-state index contributed by atoms with van der Waals surface area (Å²) in [6, 6.07) is 6.01. The maximum atomic E-state index is 10.6. The van der Waals surface area contributed by atoms with Crippen LogP contribution in [0, 0.1) is 0 Å². The van der Waals surface area contributed by atoms with Crippen LogP contribution in [-0.4, -0.2) is 18.7 Å². The van der Waals surface area contributed by atoms with Gasteiger partial charge in [-0.1, -0.05) is 12.1 Å². The summed E-state index contributed by atoms with van der Waals surface area (Å²) in [6.45, 7) is 1.46. The molecule has 0 aromatic heterocycles. The van der Waals surface area contributed by atoms with Gasteiger partial charge in [-0.2, -0.15) is 0 Å². The SMILES string of the molecule is CC(=O)Oc1ccc(C([C]=O)OC=O)cc1. The molecule has 0 aliphatic heterocycles. The van der Waals surface area contributed by atoms with Crippen LogP contribution in [0.3, 0.4) is 0 Å². The lowest BCUT2D eigenvalue weighted by atomic mass is 10.1. The van der Waals surface area contributed by atoms with Crippen molar-refractivity contribution in [3.8, 4) is 5.75 Å². The molecular weight excluding hydrogens is 212 g/mol. The number of carbonyl (C=O) groups excluding carboxylic acids is 3. The van der Waals surface area contributed by atoms with E-state index in [-0.39, 0.29) is 6.47 Å². The van der Waals surface area contributed by atoms with Crippen LogP contribution < -0.4 is 4.74 Å². The van der Waals surface area contributed by atoms with Gasteiger partial charge in [-0.15, -0.1) is 0 Å². The highest BCUT2D eigenvalue weighted by molar-refractivity contribution is 5.69. The Balaban J connectivity index is 2.80. The Morgan fingerprint density at radius 1 is 1.38 bits per heavy atom. The summed E-state index contributed by atoms with van der Waals surface area (Å²) < 4.78 is 9.28. The van der Waals surface area contributed by atoms with E-state index in [2.05, 4.69) is 4.74 Å². The Morgan fingerprint density at radius 3 is 2.44 bits per heavy atom. The van der Waals surface area contributed by atoms with Crippen molar-refractivity contribution in [2.24, 2.45) is 0 Å². The minimum Gasteiger partial charge on any atom is -0.451 e. The average molecular weight is 221 g/mol. The first-order valence-electron chi connectivity index (χ1n) is 4.42. The first kappa shape index (κ1) is 11.9. The van der Waals surface area contributed by atoms with Crippen LogP contribution in [0.4, 0.5) is 0 Å².